The second-order valence-corrected chi connectivity index (χ2v) is 6.54. The van der Waals surface area contributed by atoms with Crippen molar-refractivity contribution in [3.63, 3.8) is 0 Å². The van der Waals surface area contributed by atoms with Crippen molar-refractivity contribution in [3.05, 3.63) is 53.6 Å². The Morgan fingerprint density at radius 2 is 2.23 bits per heavy atom. The van der Waals surface area contributed by atoms with Gasteiger partial charge in [0.05, 0.1) is 17.8 Å². The van der Waals surface area contributed by atoms with Crippen molar-refractivity contribution in [1.82, 2.24) is 19.8 Å². The number of aromatic nitrogens is 2. The molecule has 1 amide bonds. The number of amides is 1. The van der Waals surface area contributed by atoms with Gasteiger partial charge in [0.25, 0.3) is 5.91 Å². The topological polar surface area (TPSA) is 82.4 Å². The van der Waals surface area contributed by atoms with E-state index < -0.39 is 0 Å². The van der Waals surface area contributed by atoms with Crippen molar-refractivity contribution in [2.45, 2.75) is 19.1 Å². The molecule has 1 aliphatic heterocycles. The Balaban J connectivity index is 1.60. The zero-order valence-corrected chi connectivity index (χ0v) is 14.9. The molecule has 7 nitrogen and oxygen atoms in total. The minimum absolute atomic E-state index is 0.0418. The van der Waals surface area contributed by atoms with Gasteiger partial charge in [-0.05, 0) is 32.3 Å². The number of hydrogen-bond acceptors (Lipinski definition) is 6. The molecule has 2 aromatic heterocycles. The van der Waals surface area contributed by atoms with Gasteiger partial charge in [0.15, 0.2) is 0 Å². The third-order valence-electron chi connectivity index (χ3n) is 4.13. The molecule has 7 heteroatoms. The number of nitrogens with zero attached hydrogens (tertiary/aromatic N) is 5. The van der Waals surface area contributed by atoms with Gasteiger partial charge in [0, 0.05) is 38.0 Å². The predicted molar refractivity (Wildman–Crippen MR) is 95.5 cm³/mol. The molecule has 0 aromatic carbocycles. The van der Waals surface area contributed by atoms with Crippen molar-refractivity contribution in [3.8, 4) is 11.8 Å². The van der Waals surface area contributed by atoms with Gasteiger partial charge in [-0.3, -0.25) is 9.78 Å². The van der Waals surface area contributed by atoms with Gasteiger partial charge >= 0.3 is 0 Å². The van der Waals surface area contributed by atoms with E-state index in [1.165, 1.54) is 6.20 Å². The quantitative estimate of drug-likeness (QED) is 0.815. The minimum Gasteiger partial charge on any atom is -0.488 e. The van der Waals surface area contributed by atoms with Gasteiger partial charge < -0.3 is 14.5 Å². The smallest absolute Gasteiger partial charge is 0.255 e. The lowest BCUT2D eigenvalue weighted by molar-refractivity contribution is 0.0772. The van der Waals surface area contributed by atoms with Crippen LogP contribution in [-0.4, -0.2) is 59.0 Å². The largest absolute Gasteiger partial charge is 0.488 e. The number of likely N-dealkylation sites (tertiary alicyclic amines) is 1. The van der Waals surface area contributed by atoms with E-state index in [0.29, 0.717) is 24.3 Å². The number of hydrogen-bond donors (Lipinski definition) is 0. The fourth-order valence-electron chi connectivity index (χ4n) is 2.91. The van der Waals surface area contributed by atoms with Crippen LogP contribution in [-0.2, 0) is 6.54 Å². The molecule has 0 spiro atoms. The van der Waals surface area contributed by atoms with Crippen LogP contribution in [0.4, 0.5) is 0 Å². The van der Waals surface area contributed by atoms with Crippen molar-refractivity contribution < 1.29 is 9.53 Å². The van der Waals surface area contributed by atoms with Gasteiger partial charge in [-0.1, -0.05) is 0 Å². The summed E-state index contributed by atoms with van der Waals surface area (Å²) in [4.78, 5) is 24.7. The van der Waals surface area contributed by atoms with Crippen LogP contribution in [0, 0.1) is 11.3 Å². The molecule has 1 atom stereocenters. The Labute approximate surface area is 152 Å². The molecule has 1 fully saturated rings. The third kappa shape index (κ3) is 4.35. The summed E-state index contributed by atoms with van der Waals surface area (Å²) < 4.78 is 6.04. The zero-order valence-electron chi connectivity index (χ0n) is 14.9. The number of carbonyl (C=O) groups excluding carboxylic acids is 1. The maximum Gasteiger partial charge on any atom is 0.255 e. The molecular formula is C19H21N5O2. The highest BCUT2D eigenvalue weighted by Gasteiger charge is 2.28. The molecule has 2 aromatic rings. The van der Waals surface area contributed by atoms with Crippen LogP contribution >= 0.6 is 0 Å². The maximum absolute atomic E-state index is 12.6. The number of ether oxygens (including phenoxy) is 1. The highest BCUT2D eigenvalue weighted by Crippen LogP contribution is 2.20. The van der Waals surface area contributed by atoms with E-state index in [9.17, 15) is 4.79 Å². The van der Waals surface area contributed by atoms with Crippen molar-refractivity contribution in [2.24, 2.45) is 0 Å². The number of pyridine rings is 2. The summed E-state index contributed by atoms with van der Waals surface area (Å²) in [6, 6.07) is 8.92. The molecule has 3 rings (SSSR count). The van der Waals surface area contributed by atoms with Crippen LogP contribution in [0.15, 0.2) is 36.7 Å². The van der Waals surface area contributed by atoms with E-state index in [0.717, 1.165) is 24.4 Å². The molecule has 3 heterocycles. The second-order valence-electron chi connectivity index (χ2n) is 6.54. The van der Waals surface area contributed by atoms with Crippen LogP contribution in [0.3, 0.4) is 0 Å². The number of rotatable bonds is 5. The summed E-state index contributed by atoms with van der Waals surface area (Å²) in [6.45, 7) is 1.92. The molecule has 0 aliphatic carbocycles. The normalized spacial score (nSPS) is 16.5. The molecule has 134 valence electrons. The van der Waals surface area contributed by atoms with E-state index in [1.54, 1.807) is 23.2 Å². The molecular weight excluding hydrogens is 330 g/mol. The summed E-state index contributed by atoms with van der Waals surface area (Å²) >= 11 is 0. The summed E-state index contributed by atoms with van der Waals surface area (Å²) in [6.07, 6.45) is 3.93. The molecule has 26 heavy (non-hydrogen) atoms. The fourth-order valence-corrected chi connectivity index (χ4v) is 2.91. The average molecular weight is 351 g/mol. The molecule has 0 bridgehead atoms. The summed E-state index contributed by atoms with van der Waals surface area (Å²) in [7, 11) is 3.99. The fraction of sp³-hybridized carbons (Fsp3) is 0.368. The average Bonchev–Trinajstić information content (AvgIpc) is 3.09. The summed E-state index contributed by atoms with van der Waals surface area (Å²) in [5.74, 6) is 0.687. The molecule has 1 unspecified atom stereocenters. The Hall–Kier alpha value is -2.98. The molecule has 0 N–H and O–H groups in total. The van der Waals surface area contributed by atoms with Gasteiger partial charge in [0.2, 0.25) is 0 Å². The first-order chi connectivity index (χ1) is 12.5. The van der Waals surface area contributed by atoms with Gasteiger partial charge in [0.1, 0.15) is 23.6 Å². The Bertz CT molecular complexity index is 813. The first-order valence-corrected chi connectivity index (χ1v) is 8.47. The van der Waals surface area contributed by atoms with Gasteiger partial charge in [-0.15, -0.1) is 0 Å². The van der Waals surface area contributed by atoms with Crippen molar-refractivity contribution in [2.75, 3.05) is 27.2 Å². The maximum atomic E-state index is 12.6. The second kappa shape index (κ2) is 7.93. The van der Waals surface area contributed by atoms with E-state index in [4.69, 9.17) is 10.00 Å². The monoisotopic (exact) mass is 351 g/mol. The van der Waals surface area contributed by atoms with E-state index in [1.807, 2.05) is 37.2 Å². The van der Waals surface area contributed by atoms with Gasteiger partial charge in [-0.25, -0.2) is 4.98 Å². The van der Waals surface area contributed by atoms with Crippen LogP contribution in [0.1, 0.15) is 28.2 Å². The van der Waals surface area contributed by atoms with Crippen molar-refractivity contribution in [1.29, 1.82) is 5.26 Å². The van der Waals surface area contributed by atoms with Gasteiger partial charge in [-0.2, -0.15) is 5.26 Å². The first-order valence-electron chi connectivity index (χ1n) is 8.47. The lowest BCUT2D eigenvalue weighted by atomic mass is 10.2. The number of carbonyl (C=O) groups is 1. The SMILES string of the molecule is CN(C)Cc1cc(OC2CCN(C(=O)c3ccc(C#N)nc3)C2)ccn1. The molecule has 0 radical (unpaired) electrons. The highest BCUT2D eigenvalue weighted by atomic mass is 16.5. The van der Waals surface area contributed by atoms with Crippen LogP contribution in [0.2, 0.25) is 0 Å². The molecule has 1 aliphatic rings. The van der Waals surface area contributed by atoms with E-state index in [2.05, 4.69) is 9.97 Å². The van der Waals surface area contributed by atoms with Crippen LogP contribution < -0.4 is 4.74 Å². The van der Waals surface area contributed by atoms with E-state index >= 15 is 0 Å². The summed E-state index contributed by atoms with van der Waals surface area (Å²) in [5, 5.41) is 8.79. The predicted octanol–water partition coefficient (Wildman–Crippen LogP) is 1.70. The molecule has 0 saturated carbocycles. The first kappa shape index (κ1) is 17.8. The lowest BCUT2D eigenvalue weighted by Gasteiger charge is -2.17. The Kier molecular flexibility index (Phi) is 5.44. The number of nitriles is 1. The van der Waals surface area contributed by atoms with E-state index in [-0.39, 0.29) is 12.0 Å². The Morgan fingerprint density at radius 3 is 2.92 bits per heavy atom. The third-order valence-corrected chi connectivity index (χ3v) is 4.13. The summed E-state index contributed by atoms with van der Waals surface area (Å²) in [5.41, 5.74) is 1.74. The van der Waals surface area contributed by atoms with Crippen molar-refractivity contribution >= 4 is 5.91 Å². The minimum atomic E-state index is -0.0869. The standard InChI is InChI=1S/C19H21N5O2/c1-23(2)12-16-9-17(5-7-21-16)26-18-6-8-24(13-18)19(25)14-3-4-15(10-20)22-11-14/h3-5,7,9,11,18H,6,8,12-13H2,1-2H3. The molecule has 1 saturated heterocycles. The Morgan fingerprint density at radius 1 is 1.38 bits per heavy atom. The highest BCUT2D eigenvalue weighted by molar-refractivity contribution is 5.94. The van der Waals surface area contributed by atoms with Crippen LogP contribution in [0.25, 0.3) is 0 Å². The lowest BCUT2D eigenvalue weighted by Crippen LogP contribution is -2.31. The zero-order chi connectivity index (χ0) is 18.5. The van der Waals surface area contributed by atoms with Crippen LogP contribution in [0.5, 0.6) is 5.75 Å².